The molecular weight excluding hydrogens is 915 g/mol. The summed E-state index contributed by atoms with van der Waals surface area (Å²) in [4.78, 5) is 13.3. The van der Waals surface area contributed by atoms with Crippen LogP contribution in [0.1, 0.15) is 339 Å². The van der Waals surface area contributed by atoms with Gasteiger partial charge in [-0.1, -0.05) is 326 Å². The fourth-order valence-corrected chi connectivity index (χ4v) is 10.0. The van der Waals surface area contributed by atoms with E-state index in [4.69, 9.17) is 14.2 Å². The molecular formula is C63H118BrNO4. The third-order valence-corrected chi connectivity index (χ3v) is 14.8. The molecule has 69 heavy (non-hydrogen) atoms. The molecule has 0 atom stereocenters. The third-order valence-electron chi connectivity index (χ3n) is 14.4. The molecule has 5 nitrogen and oxygen atoms in total. The van der Waals surface area contributed by atoms with E-state index < -0.39 is 0 Å². The summed E-state index contributed by atoms with van der Waals surface area (Å²) in [6, 6.07) is 3.78. The molecule has 0 saturated carbocycles. The number of rotatable bonds is 57. The Balaban J connectivity index is 2.59. The molecule has 0 aliphatic rings. The molecule has 6 heteroatoms. The van der Waals surface area contributed by atoms with Crippen molar-refractivity contribution in [3.05, 3.63) is 17.7 Å². The molecule has 0 unspecified atom stereocenters. The van der Waals surface area contributed by atoms with Gasteiger partial charge < -0.3 is 19.5 Å². The highest BCUT2D eigenvalue weighted by atomic mass is 79.9. The molecule has 1 aromatic carbocycles. The monoisotopic (exact) mass is 1030 g/mol. The molecule has 1 rings (SSSR count). The van der Waals surface area contributed by atoms with E-state index in [0.29, 0.717) is 54.5 Å². The second kappa shape index (κ2) is 54.3. The number of ether oxygens (including phenoxy) is 3. The smallest absolute Gasteiger partial charge is 0.251 e. The second-order valence-electron chi connectivity index (χ2n) is 21.2. The van der Waals surface area contributed by atoms with Crippen molar-refractivity contribution in [1.29, 1.82) is 0 Å². The van der Waals surface area contributed by atoms with Crippen LogP contribution < -0.4 is 19.5 Å². The van der Waals surface area contributed by atoms with Crippen LogP contribution in [0.25, 0.3) is 0 Å². The lowest BCUT2D eigenvalue weighted by molar-refractivity contribution is 0.0955. The van der Waals surface area contributed by atoms with Crippen molar-refractivity contribution in [1.82, 2.24) is 5.32 Å². The molecule has 0 fully saturated rings. The van der Waals surface area contributed by atoms with E-state index >= 15 is 0 Å². The minimum Gasteiger partial charge on any atom is -0.490 e. The van der Waals surface area contributed by atoms with Gasteiger partial charge in [0.15, 0.2) is 11.5 Å². The first-order valence-corrected chi connectivity index (χ1v) is 32.2. The van der Waals surface area contributed by atoms with Gasteiger partial charge in [-0.3, -0.25) is 4.79 Å². The van der Waals surface area contributed by atoms with Gasteiger partial charge in [0.25, 0.3) is 5.91 Å². The van der Waals surface area contributed by atoms with Gasteiger partial charge in [-0.25, -0.2) is 0 Å². The van der Waals surface area contributed by atoms with Crippen LogP contribution in [0, 0.1) is 0 Å². The number of alkyl halides is 1. The lowest BCUT2D eigenvalue weighted by Crippen LogP contribution is -2.25. The SMILES string of the molecule is CCCCCCCCCCCCCCCCCCOc1cc(C(=O)NCCBr)cc(OCCCCCCCCCCCCCCCCCC)c1OCCCCCCCCCCCCCCCCCC. The highest BCUT2D eigenvalue weighted by molar-refractivity contribution is 9.09. The molecule has 0 aliphatic carbocycles. The number of carbonyl (C=O) groups excluding carboxylic acids is 1. The zero-order valence-electron chi connectivity index (χ0n) is 46.6. The fourth-order valence-electron chi connectivity index (χ4n) is 9.82. The number of carbonyl (C=O) groups is 1. The standard InChI is InChI=1S/C63H118BrNO4/c1-4-7-10-13-16-19-22-25-28-31-34-37-40-43-46-49-54-67-60-57-59(63(66)65-53-52-64)58-61(68-55-50-47-44-41-38-35-32-29-26-23-20-17-14-11-8-5-2)62(60)69-56-51-48-45-42-39-36-33-30-27-24-21-18-15-12-9-6-3/h57-58H,4-56H2,1-3H3,(H,65,66). The van der Waals surface area contributed by atoms with E-state index in [1.54, 1.807) is 0 Å². The van der Waals surface area contributed by atoms with Crippen LogP contribution in [0.3, 0.4) is 0 Å². The van der Waals surface area contributed by atoms with Gasteiger partial charge >= 0.3 is 0 Å². The molecule has 0 aliphatic heterocycles. The van der Waals surface area contributed by atoms with Crippen molar-refractivity contribution in [2.24, 2.45) is 0 Å². The van der Waals surface area contributed by atoms with Gasteiger partial charge in [0.1, 0.15) is 0 Å². The van der Waals surface area contributed by atoms with E-state index in [9.17, 15) is 4.79 Å². The van der Waals surface area contributed by atoms with E-state index in [2.05, 4.69) is 42.0 Å². The van der Waals surface area contributed by atoms with E-state index in [0.717, 1.165) is 19.3 Å². The van der Waals surface area contributed by atoms with E-state index in [1.165, 1.54) is 289 Å². The Kier molecular flexibility index (Phi) is 51.7. The van der Waals surface area contributed by atoms with Crippen LogP contribution in [-0.2, 0) is 0 Å². The van der Waals surface area contributed by atoms with Crippen LogP contribution in [0.2, 0.25) is 0 Å². The van der Waals surface area contributed by atoms with Gasteiger partial charge in [-0.2, -0.15) is 0 Å². The number of amides is 1. The Labute approximate surface area is 439 Å². The average molecular weight is 1030 g/mol. The number of hydrogen-bond donors (Lipinski definition) is 1. The summed E-state index contributed by atoms with van der Waals surface area (Å²) in [5.74, 6) is 1.89. The lowest BCUT2D eigenvalue weighted by atomic mass is 10.0. The largest absolute Gasteiger partial charge is 0.490 e. The quantitative estimate of drug-likeness (QED) is 0.0522. The second-order valence-corrected chi connectivity index (χ2v) is 22.0. The van der Waals surface area contributed by atoms with Crippen LogP contribution in [0.15, 0.2) is 12.1 Å². The van der Waals surface area contributed by atoms with Gasteiger partial charge in [0.2, 0.25) is 5.75 Å². The van der Waals surface area contributed by atoms with Crippen LogP contribution >= 0.6 is 15.9 Å². The van der Waals surface area contributed by atoms with Crippen LogP contribution in [-0.4, -0.2) is 37.6 Å². The Morgan fingerprint density at radius 3 is 0.797 bits per heavy atom. The molecule has 1 aromatic rings. The summed E-state index contributed by atoms with van der Waals surface area (Å²) in [7, 11) is 0. The summed E-state index contributed by atoms with van der Waals surface area (Å²) >= 11 is 3.47. The maximum atomic E-state index is 13.3. The summed E-state index contributed by atoms with van der Waals surface area (Å²) in [6.45, 7) is 9.35. The van der Waals surface area contributed by atoms with Crippen molar-refractivity contribution < 1.29 is 19.0 Å². The molecule has 0 heterocycles. The number of hydrogen-bond acceptors (Lipinski definition) is 4. The summed E-state index contributed by atoms with van der Waals surface area (Å²) in [5, 5.41) is 3.75. The molecule has 1 amide bonds. The maximum absolute atomic E-state index is 13.3. The molecule has 0 bridgehead atoms. The minimum absolute atomic E-state index is 0.0988. The van der Waals surface area contributed by atoms with Gasteiger partial charge in [0, 0.05) is 17.4 Å². The van der Waals surface area contributed by atoms with Gasteiger partial charge in [-0.15, -0.1) is 0 Å². The highest BCUT2D eigenvalue weighted by Gasteiger charge is 2.19. The fraction of sp³-hybridized carbons (Fsp3) is 0.889. The normalized spacial score (nSPS) is 11.4. The maximum Gasteiger partial charge on any atom is 0.251 e. The summed E-state index contributed by atoms with van der Waals surface area (Å²) in [5.41, 5.74) is 0.578. The van der Waals surface area contributed by atoms with Crippen LogP contribution in [0.5, 0.6) is 17.2 Å². The highest BCUT2D eigenvalue weighted by Crippen LogP contribution is 2.40. The van der Waals surface area contributed by atoms with E-state index in [1.807, 2.05) is 12.1 Å². The van der Waals surface area contributed by atoms with Gasteiger partial charge in [-0.05, 0) is 31.4 Å². The Morgan fingerprint density at radius 2 is 0.565 bits per heavy atom. The molecule has 0 saturated heterocycles. The zero-order chi connectivity index (χ0) is 49.6. The van der Waals surface area contributed by atoms with E-state index in [-0.39, 0.29) is 5.91 Å². The first-order valence-electron chi connectivity index (χ1n) is 31.1. The predicted molar refractivity (Wildman–Crippen MR) is 308 cm³/mol. The average Bonchev–Trinajstić information content (AvgIpc) is 3.36. The molecule has 1 N–H and O–H groups in total. The summed E-state index contributed by atoms with van der Waals surface area (Å²) in [6.07, 6.45) is 64.8. The Hall–Kier alpha value is -1.43. The summed E-state index contributed by atoms with van der Waals surface area (Å²) < 4.78 is 19.6. The predicted octanol–water partition coefficient (Wildman–Crippen LogP) is 21.7. The Bertz CT molecular complexity index is 1130. The van der Waals surface area contributed by atoms with Crippen molar-refractivity contribution in [3.63, 3.8) is 0 Å². The lowest BCUT2D eigenvalue weighted by Gasteiger charge is -2.19. The number of unbranched alkanes of at least 4 members (excludes halogenated alkanes) is 45. The van der Waals surface area contributed by atoms with Gasteiger partial charge in [0.05, 0.1) is 19.8 Å². The Morgan fingerprint density at radius 1 is 0.348 bits per heavy atom. The van der Waals surface area contributed by atoms with Crippen molar-refractivity contribution >= 4 is 21.8 Å². The molecule has 406 valence electrons. The molecule has 0 spiro atoms. The zero-order valence-corrected chi connectivity index (χ0v) is 48.2. The minimum atomic E-state index is -0.0988. The van der Waals surface area contributed by atoms with Crippen molar-refractivity contribution in [2.75, 3.05) is 31.7 Å². The first kappa shape index (κ1) is 65.6. The third kappa shape index (κ3) is 43.8. The topological polar surface area (TPSA) is 56.8 Å². The number of benzene rings is 1. The first-order chi connectivity index (χ1) is 34.2. The molecule has 0 aromatic heterocycles. The molecule has 0 radical (unpaired) electrons. The number of nitrogens with one attached hydrogen (secondary N) is 1. The van der Waals surface area contributed by atoms with Crippen LogP contribution in [0.4, 0.5) is 0 Å². The number of halogens is 1. The van der Waals surface area contributed by atoms with Crippen molar-refractivity contribution in [3.8, 4) is 17.2 Å². The van der Waals surface area contributed by atoms with Crippen molar-refractivity contribution in [2.45, 2.75) is 329 Å².